The van der Waals surface area contributed by atoms with Crippen molar-refractivity contribution in [2.75, 3.05) is 13.1 Å². The smallest absolute Gasteiger partial charge is 0.227 e. The quantitative estimate of drug-likeness (QED) is 0.881. The number of nitrogens with zero attached hydrogens (tertiary/aromatic N) is 1. The van der Waals surface area contributed by atoms with Crippen LogP contribution in [0.25, 0.3) is 10.9 Å². The van der Waals surface area contributed by atoms with Gasteiger partial charge in [-0.2, -0.15) is 0 Å². The highest BCUT2D eigenvalue weighted by Crippen LogP contribution is 2.24. The Hall–Kier alpha value is -1.77. The first-order valence-corrected chi connectivity index (χ1v) is 7.01. The van der Waals surface area contributed by atoms with Crippen molar-refractivity contribution in [2.45, 2.75) is 33.1 Å². The van der Waals surface area contributed by atoms with Crippen molar-refractivity contribution in [3.63, 3.8) is 0 Å². The normalized spacial score (nSPS) is 15.4. The number of carbonyl (C=O) groups is 1. The molecular weight excluding hydrogens is 236 g/mol. The first kappa shape index (κ1) is 12.3. The van der Waals surface area contributed by atoms with Crippen molar-refractivity contribution in [1.82, 2.24) is 9.88 Å². The van der Waals surface area contributed by atoms with E-state index in [4.69, 9.17) is 0 Å². The number of benzene rings is 1. The van der Waals surface area contributed by atoms with Crippen LogP contribution in [0.15, 0.2) is 18.2 Å². The summed E-state index contributed by atoms with van der Waals surface area (Å²) in [5.74, 6) is 0.267. The predicted molar refractivity (Wildman–Crippen MR) is 77.3 cm³/mol. The van der Waals surface area contributed by atoms with Gasteiger partial charge >= 0.3 is 0 Å². The number of amides is 1. The second-order valence-electron chi connectivity index (χ2n) is 5.54. The molecular formula is C16H20N2O. The van der Waals surface area contributed by atoms with Gasteiger partial charge in [-0.3, -0.25) is 4.79 Å². The van der Waals surface area contributed by atoms with E-state index >= 15 is 0 Å². The molecule has 0 atom stereocenters. The van der Waals surface area contributed by atoms with Crippen LogP contribution >= 0.6 is 0 Å². The summed E-state index contributed by atoms with van der Waals surface area (Å²) in [5, 5.41) is 1.20. The van der Waals surface area contributed by atoms with Gasteiger partial charge in [-0.05, 0) is 44.4 Å². The van der Waals surface area contributed by atoms with Gasteiger partial charge in [0.25, 0.3) is 0 Å². The molecule has 3 nitrogen and oxygen atoms in total. The third-order valence-corrected chi connectivity index (χ3v) is 4.06. The molecule has 3 heteroatoms. The minimum absolute atomic E-state index is 0.267. The second-order valence-corrected chi connectivity index (χ2v) is 5.54. The van der Waals surface area contributed by atoms with Crippen molar-refractivity contribution < 1.29 is 4.79 Å². The zero-order valence-corrected chi connectivity index (χ0v) is 11.6. The molecule has 1 N–H and O–H groups in total. The van der Waals surface area contributed by atoms with E-state index in [1.165, 1.54) is 10.9 Å². The van der Waals surface area contributed by atoms with Gasteiger partial charge in [0, 0.05) is 29.7 Å². The Bertz CT molecular complexity index is 621. The number of H-pyrrole nitrogens is 1. The van der Waals surface area contributed by atoms with Crippen LogP contribution in [0.2, 0.25) is 0 Å². The molecule has 0 spiro atoms. The lowest BCUT2D eigenvalue weighted by Crippen LogP contribution is -2.29. The number of aromatic nitrogens is 1. The van der Waals surface area contributed by atoms with Gasteiger partial charge in [0.2, 0.25) is 5.91 Å². The lowest BCUT2D eigenvalue weighted by atomic mass is 10.1. The summed E-state index contributed by atoms with van der Waals surface area (Å²) in [4.78, 5) is 17.7. The number of hydrogen-bond donors (Lipinski definition) is 1. The van der Waals surface area contributed by atoms with E-state index in [0.29, 0.717) is 6.42 Å². The summed E-state index contributed by atoms with van der Waals surface area (Å²) in [5.41, 5.74) is 4.65. The molecule has 1 aromatic heterocycles. The van der Waals surface area contributed by atoms with E-state index in [2.05, 4.69) is 37.0 Å². The maximum Gasteiger partial charge on any atom is 0.227 e. The Morgan fingerprint density at radius 3 is 2.74 bits per heavy atom. The molecule has 1 aliphatic heterocycles. The van der Waals surface area contributed by atoms with Gasteiger partial charge in [-0.1, -0.05) is 11.6 Å². The van der Waals surface area contributed by atoms with Crippen molar-refractivity contribution in [1.29, 1.82) is 0 Å². The molecule has 0 bridgehead atoms. The Morgan fingerprint density at radius 1 is 1.26 bits per heavy atom. The van der Waals surface area contributed by atoms with Crippen molar-refractivity contribution in [3.05, 3.63) is 35.0 Å². The predicted octanol–water partition coefficient (Wildman–Crippen LogP) is 2.95. The highest BCUT2D eigenvalue weighted by molar-refractivity contribution is 5.90. The number of nitrogens with one attached hydrogen (secondary N) is 1. The molecule has 2 aromatic rings. The van der Waals surface area contributed by atoms with Gasteiger partial charge in [0.15, 0.2) is 0 Å². The standard InChI is InChI=1S/C16H20N2O/c1-11-5-6-15-14(9-11)13(12(2)17-15)10-16(19)18-7-3-4-8-18/h5-6,9,17H,3-4,7-8,10H2,1-2H3. The van der Waals surface area contributed by atoms with Crippen LogP contribution in [0.4, 0.5) is 0 Å². The second kappa shape index (κ2) is 4.72. The van der Waals surface area contributed by atoms with E-state index in [-0.39, 0.29) is 5.91 Å². The molecule has 1 amide bonds. The number of likely N-dealkylation sites (tertiary alicyclic amines) is 1. The summed E-state index contributed by atoms with van der Waals surface area (Å²) in [7, 11) is 0. The molecule has 2 heterocycles. The summed E-state index contributed by atoms with van der Waals surface area (Å²) < 4.78 is 0. The number of fused-ring (bicyclic) bond motifs is 1. The van der Waals surface area contributed by atoms with E-state index < -0.39 is 0 Å². The molecule has 0 radical (unpaired) electrons. The number of aromatic amines is 1. The Balaban J connectivity index is 1.93. The number of rotatable bonds is 2. The molecule has 3 rings (SSSR count). The van der Waals surface area contributed by atoms with Gasteiger partial charge < -0.3 is 9.88 Å². The largest absolute Gasteiger partial charge is 0.358 e. The maximum absolute atomic E-state index is 12.3. The average molecular weight is 256 g/mol. The first-order valence-electron chi connectivity index (χ1n) is 7.01. The monoisotopic (exact) mass is 256 g/mol. The van der Waals surface area contributed by atoms with Gasteiger partial charge in [-0.25, -0.2) is 0 Å². The lowest BCUT2D eigenvalue weighted by Gasteiger charge is -2.15. The maximum atomic E-state index is 12.3. The number of aryl methyl sites for hydroxylation is 2. The van der Waals surface area contributed by atoms with E-state index in [9.17, 15) is 4.79 Å². The van der Waals surface area contributed by atoms with Crippen LogP contribution in [-0.2, 0) is 11.2 Å². The summed E-state index contributed by atoms with van der Waals surface area (Å²) in [6, 6.07) is 6.37. The Kier molecular flexibility index (Phi) is 3.05. The number of hydrogen-bond acceptors (Lipinski definition) is 1. The highest BCUT2D eigenvalue weighted by Gasteiger charge is 2.20. The molecule has 0 aliphatic carbocycles. The fourth-order valence-corrected chi connectivity index (χ4v) is 2.95. The Morgan fingerprint density at radius 2 is 2.00 bits per heavy atom. The van der Waals surface area contributed by atoms with Crippen LogP contribution in [-0.4, -0.2) is 28.9 Å². The molecule has 1 saturated heterocycles. The summed E-state index contributed by atoms with van der Waals surface area (Å²) in [6.07, 6.45) is 2.82. The van der Waals surface area contributed by atoms with Crippen molar-refractivity contribution >= 4 is 16.8 Å². The molecule has 1 aromatic carbocycles. The van der Waals surface area contributed by atoms with E-state index in [1.54, 1.807) is 0 Å². The fraction of sp³-hybridized carbons (Fsp3) is 0.438. The molecule has 0 saturated carbocycles. The van der Waals surface area contributed by atoms with E-state index in [0.717, 1.165) is 42.7 Å². The van der Waals surface area contributed by atoms with Gasteiger partial charge in [-0.15, -0.1) is 0 Å². The third-order valence-electron chi connectivity index (χ3n) is 4.06. The van der Waals surface area contributed by atoms with Crippen LogP contribution in [0.1, 0.15) is 29.7 Å². The highest BCUT2D eigenvalue weighted by atomic mass is 16.2. The average Bonchev–Trinajstić information content (AvgIpc) is 2.99. The fourth-order valence-electron chi connectivity index (χ4n) is 2.95. The molecule has 0 unspecified atom stereocenters. The van der Waals surface area contributed by atoms with E-state index in [1.807, 2.05) is 4.90 Å². The minimum atomic E-state index is 0.267. The molecule has 100 valence electrons. The lowest BCUT2D eigenvalue weighted by molar-refractivity contribution is -0.129. The minimum Gasteiger partial charge on any atom is -0.358 e. The van der Waals surface area contributed by atoms with Crippen LogP contribution in [0.5, 0.6) is 0 Å². The zero-order chi connectivity index (χ0) is 13.4. The topological polar surface area (TPSA) is 36.1 Å². The summed E-state index contributed by atoms with van der Waals surface area (Å²) in [6.45, 7) is 6.01. The first-order chi connectivity index (χ1) is 9.15. The number of carbonyl (C=O) groups excluding carboxylic acids is 1. The molecule has 1 aliphatic rings. The van der Waals surface area contributed by atoms with Crippen molar-refractivity contribution in [2.24, 2.45) is 0 Å². The van der Waals surface area contributed by atoms with Crippen LogP contribution < -0.4 is 0 Å². The van der Waals surface area contributed by atoms with Crippen molar-refractivity contribution in [3.8, 4) is 0 Å². The third kappa shape index (κ3) is 2.25. The zero-order valence-electron chi connectivity index (χ0n) is 11.6. The van der Waals surface area contributed by atoms with Gasteiger partial charge in [0.1, 0.15) is 0 Å². The SMILES string of the molecule is Cc1ccc2[nH]c(C)c(CC(=O)N3CCCC3)c2c1. The van der Waals surface area contributed by atoms with Gasteiger partial charge in [0.05, 0.1) is 6.42 Å². The summed E-state index contributed by atoms with van der Waals surface area (Å²) >= 11 is 0. The Labute approximate surface area is 113 Å². The molecule has 1 fully saturated rings. The molecule has 19 heavy (non-hydrogen) atoms. The van der Waals surface area contributed by atoms with Crippen LogP contribution in [0, 0.1) is 13.8 Å². The van der Waals surface area contributed by atoms with Crippen LogP contribution in [0.3, 0.4) is 0 Å².